The van der Waals surface area contributed by atoms with E-state index in [1.165, 1.54) is 14.3 Å². The molecule has 0 heterocycles. The zero-order valence-electron chi connectivity index (χ0n) is 5.41. The third-order valence-corrected chi connectivity index (χ3v) is 0. The van der Waals surface area contributed by atoms with Crippen molar-refractivity contribution in [3.05, 3.63) is 0 Å². The van der Waals surface area contributed by atoms with Gasteiger partial charge >= 0.3 is 0 Å². The average molecular weight is 79.4 g/mol. The fourth-order valence-corrected chi connectivity index (χ4v) is 0. The van der Waals surface area contributed by atoms with E-state index in [0.717, 1.165) is 0 Å². The summed E-state index contributed by atoms with van der Waals surface area (Å²) in [5.41, 5.74) is 0. The standard InChI is InChI=1S/2CH6B2/c2*1-3-2/h2*3H,2H2,1H3. The molecule has 0 fully saturated rings. The quantitative estimate of drug-likeness (QED) is 0.296. The summed E-state index contributed by atoms with van der Waals surface area (Å²) in [5, 5.41) is 0. The van der Waals surface area contributed by atoms with Crippen LogP contribution in [0.15, 0.2) is 0 Å². The maximum absolute atomic E-state index is 2.12. The van der Waals surface area contributed by atoms with Crippen LogP contribution in [0, 0.1) is 0 Å². The van der Waals surface area contributed by atoms with Crippen LogP contribution in [0.2, 0.25) is 13.6 Å². The fourth-order valence-electron chi connectivity index (χ4n) is 0. The summed E-state index contributed by atoms with van der Waals surface area (Å²) < 4.78 is 0. The van der Waals surface area contributed by atoms with Crippen molar-refractivity contribution in [1.82, 2.24) is 0 Å². The van der Waals surface area contributed by atoms with Crippen molar-refractivity contribution in [3.8, 4) is 0 Å². The molecular formula is C2H12B4. The van der Waals surface area contributed by atoms with Crippen molar-refractivity contribution in [2.45, 2.75) is 13.6 Å². The molecule has 0 nitrogen and oxygen atoms in total. The molecule has 0 rings (SSSR count). The molecule has 0 radical (unpaired) electrons. The van der Waals surface area contributed by atoms with Crippen LogP contribution in [-0.2, 0) is 0 Å². The van der Waals surface area contributed by atoms with E-state index in [0.29, 0.717) is 0 Å². The molecular weight excluding hydrogens is 67.3 g/mol. The van der Waals surface area contributed by atoms with E-state index < -0.39 is 0 Å². The van der Waals surface area contributed by atoms with Gasteiger partial charge in [-0.25, -0.2) is 0 Å². The molecule has 0 N–H and O–H groups in total. The lowest BCUT2D eigenvalue weighted by Gasteiger charge is -1.38. The molecule has 0 atom stereocenters. The smallest absolute Gasteiger partial charge is 0.0783 e. The molecule has 0 amide bonds. The van der Waals surface area contributed by atoms with Gasteiger partial charge in [-0.3, -0.25) is 0 Å². The van der Waals surface area contributed by atoms with Gasteiger partial charge in [0, 0.05) is 0 Å². The molecule has 0 spiro atoms. The van der Waals surface area contributed by atoms with E-state index in [1.807, 2.05) is 0 Å². The Labute approximate surface area is 44.4 Å². The molecule has 0 bridgehead atoms. The van der Waals surface area contributed by atoms with Gasteiger partial charge in [-0.1, -0.05) is 13.6 Å². The van der Waals surface area contributed by atoms with E-state index in [2.05, 4.69) is 29.1 Å². The molecule has 0 saturated carbocycles. The van der Waals surface area contributed by atoms with Crippen LogP contribution < -0.4 is 0 Å². The van der Waals surface area contributed by atoms with Gasteiger partial charge in [-0.15, -0.1) is 0 Å². The van der Waals surface area contributed by atoms with Crippen molar-refractivity contribution in [2.24, 2.45) is 0 Å². The van der Waals surface area contributed by atoms with Gasteiger partial charge in [0.2, 0.25) is 0 Å². The highest BCUT2D eigenvalue weighted by Gasteiger charge is 1.45. The molecule has 4 heteroatoms. The SMILES string of the molecule is BBC.BBC. The molecule has 0 unspecified atom stereocenters. The van der Waals surface area contributed by atoms with E-state index in [-0.39, 0.29) is 0 Å². The largest absolute Gasteiger partial charge is 0.0962 e. The number of rotatable bonds is 0. The average Bonchev–Trinajstić information content (AvgIpc) is 1.39. The molecule has 0 aliphatic rings. The third-order valence-electron chi connectivity index (χ3n) is 0. The summed E-state index contributed by atoms with van der Waals surface area (Å²) in [4.78, 5) is 0. The van der Waals surface area contributed by atoms with Gasteiger partial charge < -0.3 is 0 Å². The highest BCUT2D eigenvalue weighted by Crippen LogP contribution is 1.23. The predicted octanol–water partition coefficient (Wildman–Crippen LogP) is -1.96. The molecule has 0 aromatic carbocycles. The monoisotopic (exact) mass is 80.1 g/mol. The summed E-state index contributed by atoms with van der Waals surface area (Å²) >= 11 is 0. The second-order valence-electron chi connectivity index (χ2n) is 1.41. The van der Waals surface area contributed by atoms with E-state index in [1.54, 1.807) is 0 Å². The van der Waals surface area contributed by atoms with Crippen LogP contribution in [0.3, 0.4) is 0 Å². The first kappa shape index (κ1) is 9.54. The third kappa shape index (κ3) is 671. The Bertz CT molecular complexity index is 7.51. The Morgan fingerprint density at radius 1 is 1.00 bits per heavy atom. The first-order valence-electron chi connectivity index (χ1n) is 2.83. The zero-order chi connectivity index (χ0) is 5.41. The zero-order valence-corrected chi connectivity index (χ0v) is 5.41. The van der Waals surface area contributed by atoms with Crippen molar-refractivity contribution >= 4 is 29.8 Å². The minimum Gasteiger partial charge on any atom is -0.0962 e. The summed E-state index contributed by atoms with van der Waals surface area (Å²) in [7, 11) is 6.75. The lowest BCUT2D eigenvalue weighted by Crippen LogP contribution is -1.68. The Hall–Kier alpha value is 0.260. The van der Waals surface area contributed by atoms with Crippen molar-refractivity contribution in [1.29, 1.82) is 0 Å². The second-order valence-corrected chi connectivity index (χ2v) is 1.41. The van der Waals surface area contributed by atoms with Gasteiger partial charge in [-0.05, 0) is 0 Å². The topological polar surface area (TPSA) is 0 Å². The van der Waals surface area contributed by atoms with Gasteiger partial charge in [0.1, 0.15) is 0 Å². The van der Waals surface area contributed by atoms with Crippen LogP contribution in [0.1, 0.15) is 0 Å². The normalized spacial score (nSPS) is 4.33. The Balaban J connectivity index is 0. The van der Waals surface area contributed by atoms with Crippen molar-refractivity contribution in [2.75, 3.05) is 0 Å². The van der Waals surface area contributed by atoms with Gasteiger partial charge in [0.25, 0.3) is 0 Å². The van der Waals surface area contributed by atoms with Gasteiger partial charge in [0.05, 0.1) is 29.8 Å². The fraction of sp³-hybridized carbons (Fsp3) is 1.00. The summed E-state index contributed by atoms with van der Waals surface area (Å²) in [6.45, 7) is 4.25. The van der Waals surface area contributed by atoms with Crippen molar-refractivity contribution < 1.29 is 0 Å². The summed E-state index contributed by atoms with van der Waals surface area (Å²) in [6, 6.07) is 0. The Morgan fingerprint density at radius 2 is 1.00 bits per heavy atom. The summed E-state index contributed by atoms with van der Waals surface area (Å²) in [6.07, 6.45) is 0. The van der Waals surface area contributed by atoms with Crippen LogP contribution in [0.25, 0.3) is 0 Å². The maximum atomic E-state index is 2.12. The first-order valence-corrected chi connectivity index (χ1v) is 2.83. The Kier molecular flexibility index (Phi) is 29.7. The van der Waals surface area contributed by atoms with Crippen LogP contribution in [0.5, 0.6) is 0 Å². The van der Waals surface area contributed by atoms with Gasteiger partial charge in [-0.2, -0.15) is 0 Å². The van der Waals surface area contributed by atoms with Crippen LogP contribution in [-0.4, -0.2) is 29.8 Å². The maximum Gasteiger partial charge on any atom is 0.0783 e. The van der Waals surface area contributed by atoms with E-state index >= 15 is 0 Å². The number of hydrogen-bond acceptors (Lipinski definition) is 0. The first-order chi connectivity index (χ1) is 2.83. The van der Waals surface area contributed by atoms with Crippen LogP contribution >= 0.6 is 0 Å². The molecule has 32 valence electrons. The highest BCUT2D eigenvalue weighted by atomic mass is 12.7. The van der Waals surface area contributed by atoms with E-state index in [9.17, 15) is 0 Å². The summed E-state index contributed by atoms with van der Waals surface area (Å²) in [5.74, 6) is 0. The van der Waals surface area contributed by atoms with Crippen molar-refractivity contribution in [3.63, 3.8) is 0 Å². The minimum atomic E-state index is 1.25. The number of hydrogen-bond donors (Lipinski definition) is 0. The highest BCUT2D eigenvalue weighted by molar-refractivity contribution is 6.88. The molecule has 0 aromatic rings. The Morgan fingerprint density at radius 3 is 1.00 bits per heavy atom. The second kappa shape index (κ2) is 18.7. The molecule has 0 aliphatic carbocycles. The lowest BCUT2D eigenvalue weighted by atomic mass is 9.59. The van der Waals surface area contributed by atoms with E-state index in [4.69, 9.17) is 0 Å². The van der Waals surface area contributed by atoms with Crippen LogP contribution in [0.4, 0.5) is 0 Å². The lowest BCUT2D eigenvalue weighted by molar-refractivity contribution is 2.37. The predicted molar refractivity (Wildman–Crippen MR) is 43.1 cm³/mol. The molecule has 0 aliphatic heterocycles. The molecule has 6 heavy (non-hydrogen) atoms. The molecule has 0 saturated heterocycles. The van der Waals surface area contributed by atoms with Gasteiger partial charge in [0.15, 0.2) is 0 Å². The minimum absolute atomic E-state index is 1.25. The molecule has 0 aromatic heterocycles.